The first kappa shape index (κ1) is 15.5. The van der Waals surface area contributed by atoms with E-state index in [0.29, 0.717) is 11.5 Å². The van der Waals surface area contributed by atoms with Crippen LogP contribution in [0.1, 0.15) is 47.0 Å². The molecule has 2 amide bonds. The highest BCUT2D eigenvalue weighted by molar-refractivity contribution is 7.10. The molecule has 0 saturated heterocycles. The number of nitrogens with one attached hydrogen (secondary N) is 2. The normalized spacial score (nSPS) is 16.9. The van der Waals surface area contributed by atoms with Gasteiger partial charge in [-0.15, -0.1) is 11.3 Å². The van der Waals surface area contributed by atoms with E-state index in [1.807, 2.05) is 5.38 Å². The van der Waals surface area contributed by atoms with Gasteiger partial charge in [0.1, 0.15) is 0 Å². The standard InChI is InChI=1S/C14H18N2O4S/c1-8-2-3-9-10(7-21-11(9)6-8)14(20)16-15-12(17)4-5-13(18)19/h7-8H,2-6H2,1H3,(H,15,17)(H,16,20)(H,18,19)/t8-/m1/s1. The zero-order valence-electron chi connectivity index (χ0n) is 11.8. The minimum Gasteiger partial charge on any atom is -0.481 e. The number of carboxylic acids is 1. The van der Waals surface area contributed by atoms with Gasteiger partial charge in [0.2, 0.25) is 5.91 Å². The van der Waals surface area contributed by atoms with E-state index >= 15 is 0 Å². The van der Waals surface area contributed by atoms with E-state index in [1.54, 1.807) is 11.3 Å². The molecule has 1 heterocycles. The Balaban J connectivity index is 1.90. The Labute approximate surface area is 126 Å². The average molecular weight is 310 g/mol. The molecule has 1 aliphatic carbocycles. The number of thiophene rings is 1. The van der Waals surface area contributed by atoms with Gasteiger partial charge in [0.05, 0.1) is 12.0 Å². The summed E-state index contributed by atoms with van der Waals surface area (Å²) in [6.45, 7) is 2.20. The number of carbonyl (C=O) groups is 3. The maximum absolute atomic E-state index is 12.1. The molecule has 0 radical (unpaired) electrons. The molecule has 0 unspecified atom stereocenters. The predicted molar refractivity (Wildman–Crippen MR) is 78.0 cm³/mol. The van der Waals surface area contributed by atoms with E-state index in [9.17, 15) is 14.4 Å². The third kappa shape index (κ3) is 4.04. The molecule has 0 aliphatic heterocycles. The molecular weight excluding hydrogens is 292 g/mol. The van der Waals surface area contributed by atoms with E-state index in [1.165, 1.54) is 4.88 Å². The summed E-state index contributed by atoms with van der Waals surface area (Å²) in [5.74, 6) is -1.26. The Hall–Kier alpha value is -1.89. The summed E-state index contributed by atoms with van der Waals surface area (Å²) in [5, 5.41) is 10.3. The molecule has 0 saturated carbocycles. The lowest BCUT2D eigenvalue weighted by Gasteiger charge is -2.18. The van der Waals surface area contributed by atoms with Gasteiger partial charge in [-0.1, -0.05) is 6.92 Å². The third-order valence-electron chi connectivity index (χ3n) is 3.53. The summed E-state index contributed by atoms with van der Waals surface area (Å²) < 4.78 is 0. The van der Waals surface area contributed by atoms with Crippen molar-refractivity contribution in [2.24, 2.45) is 5.92 Å². The van der Waals surface area contributed by atoms with Gasteiger partial charge < -0.3 is 5.11 Å². The van der Waals surface area contributed by atoms with E-state index in [2.05, 4.69) is 17.8 Å². The lowest BCUT2D eigenvalue weighted by atomic mass is 9.88. The van der Waals surface area contributed by atoms with Gasteiger partial charge in [-0.05, 0) is 30.7 Å². The number of hydrazine groups is 1. The summed E-state index contributed by atoms with van der Waals surface area (Å²) in [7, 11) is 0. The second kappa shape index (κ2) is 6.71. The van der Waals surface area contributed by atoms with Crippen LogP contribution in [0.4, 0.5) is 0 Å². The smallest absolute Gasteiger partial charge is 0.303 e. The first-order chi connectivity index (χ1) is 9.97. The molecule has 7 heteroatoms. The van der Waals surface area contributed by atoms with E-state index < -0.39 is 11.9 Å². The van der Waals surface area contributed by atoms with E-state index in [0.717, 1.165) is 24.8 Å². The molecule has 0 spiro atoms. The largest absolute Gasteiger partial charge is 0.481 e. The molecule has 21 heavy (non-hydrogen) atoms. The molecule has 2 rings (SSSR count). The van der Waals surface area contributed by atoms with Crippen molar-refractivity contribution in [3.8, 4) is 0 Å². The van der Waals surface area contributed by atoms with Gasteiger partial charge in [-0.2, -0.15) is 0 Å². The Morgan fingerprint density at radius 2 is 2.10 bits per heavy atom. The Kier molecular flexibility index (Phi) is 4.95. The zero-order chi connectivity index (χ0) is 15.4. The Bertz CT molecular complexity index is 567. The van der Waals surface area contributed by atoms with Crippen molar-refractivity contribution < 1.29 is 19.5 Å². The molecular formula is C14H18N2O4S. The topological polar surface area (TPSA) is 95.5 Å². The maximum atomic E-state index is 12.1. The highest BCUT2D eigenvalue weighted by Crippen LogP contribution is 2.32. The molecule has 0 aromatic carbocycles. The number of fused-ring (bicyclic) bond motifs is 1. The van der Waals surface area contributed by atoms with Gasteiger partial charge >= 0.3 is 5.97 Å². The number of aliphatic carboxylic acids is 1. The van der Waals surface area contributed by atoms with Gasteiger partial charge in [0, 0.05) is 16.7 Å². The first-order valence-corrected chi connectivity index (χ1v) is 7.75. The second-order valence-corrected chi connectivity index (χ2v) is 6.26. The van der Waals surface area contributed by atoms with Crippen LogP contribution in [0, 0.1) is 5.92 Å². The molecule has 114 valence electrons. The quantitative estimate of drug-likeness (QED) is 0.734. The van der Waals surface area contributed by atoms with Crippen molar-refractivity contribution in [2.45, 2.75) is 39.0 Å². The van der Waals surface area contributed by atoms with E-state index in [4.69, 9.17) is 5.11 Å². The third-order valence-corrected chi connectivity index (χ3v) is 4.58. The number of rotatable bonds is 4. The van der Waals surface area contributed by atoms with Gasteiger partial charge in [-0.3, -0.25) is 25.2 Å². The van der Waals surface area contributed by atoms with Crippen LogP contribution in [-0.4, -0.2) is 22.9 Å². The maximum Gasteiger partial charge on any atom is 0.303 e. The Morgan fingerprint density at radius 3 is 2.81 bits per heavy atom. The summed E-state index contributed by atoms with van der Waals surface area (Å²) >= 11 is 1.58. The van der Waals surface area contributed by atoms with Crippen molar-refractivity contribution in [3.63, 3.8) is 0 Å². The molecule has 1 aromatic heterocycles. The summed E-state index contributed by atoms with van der Waals surface area (Å²) in [6.07, 6.45) is 2.53. The predicted octanol–water partition coefficient (Wildman–Crippen LogP) is 1.50. The summed E-state index contributed by atoms with van der Waals surface area (Å²) in [5.41, 5.74) is 6.28. The van der Waals surface area contributed by atoms with Gasteiger partial charge in [0.15, 0.2) is 0 Å². The summed E-state index contributed by atoms with van der Waals surface area (Å²) in [6, 6.07) is 0. The van der Waals surface area contributed by atoms with Crippen LogP contribution in [0.3, 0.4) is 0 Å². The number of carboxylic acid groups (broad SMARTS) is 1. The molecule has 0 fully saturated rings. The number of carbonyl (C=O) groups excluding carboxylic acids is 2. The summed E-state index contributed by atoms with van der Waals surface area (Å²) in [4.78, 5) is 35.0. The van der Waals surface area contributed by atoms with E-state index in [-0.39, 0.29) is 18.7 Å². The van der Waals surface area contributed by atoms with Crippen LogP contribution in [0.2, 0.25) is 0 Å². The molecule has 0 bridgehead atoms. The van der Waals surface area contributed by atoms with Crippen LogP contribution in [0.5, 0.6) is 0 Å². The van der Waals surface area contributed by atoms with Crippen molar-refractivity contribution in [1.82, 2.24) is 10.9 Å². The van der Waals surface area contributed by atoms with Gasteiger partial charge in [-0.25, -0.2) is 0 Å². The van der Waals surface area contributed by atoms with Crippen LogP contribution >= 0.6 is 11.3 Å². The highest BCUT2D eigenvalue weighted by atomic mass is 32.1. The molecule has 6 nitrogen and oxygen atoms in total. The van der Waals surface area contributed by atoms with Crippen molar-refractivity contribution >= 4 is 29.1 Å². The van der Waals surface area contributed by atoms with Crippen molar-refractivity contribution in [2.75, 3.05) is 0 Å². The fraction of sp³-hybridized carbons (Fsp3) is 0.500. The first-order valence-electron chi connectivity index (χ1n) is 6.87. The fourth-order valence-corrected chi connectivity index (χ4v) is 3.59. The lowest BCUT2D eigenvalue weighted by molar-refractivity contribution is -0.138. The molecule has 1 aromatic rings. The lowest BCUT2D eigenvalue weighted by Crippen LogP contribution is -2.42. The SMILES string of the molecule is C[C@@H]1CCc2c(C(=O)NNC(=O)CCC(=O)O)csc2C1. The minimum absolute atomic E-state index is 0.158. The number of hydrogen-bond acceptors (Lipinski definition) is 4. The fourth-order valence-electron chi connectivity index (χ4n) is 2.34. The number of hydrogen-bond donors (Lipinski definition) is 3. The minimum atomic E-state index is -1.04. The monoisotopic (exact) mass is 310 g/mol. The van der Waals surface area contributed by atoms with Crippen LogP contribution < -0.4 is 10.9 Å². The van der Waals surface area contributed by atoms with Crippen molar-refractivity contribution in [3.05, 3.63) is 21.4 Å². The van der Waals surface area contributed by atoms with Crippen LogP contribution in [-0.2, 0) is 22.4 Å². The van der Waals surface area contributed by atoms with Crippen molar-refractivity contribution in [1.29, 1.82) is 0 Å². The number of amides is 2. The molecule has 1 aliphatic rings. The molecule has 1 atom stereocenters. The highest BCUT2D eigenvalue weighted by Gasteiger charge is 2.23. The van der Waals surface area contributed by atoms with Gasteiger partial charge in [0.25, 0.3) is 5.91 Å². The van der Waals surface area contributed by atoms with Crippen LogP contribution in [0.25, 0.3) is 0 Å². The Morgan fingerprint density at radius 1 is 1.33 bits per heavy atom. The van der Waals surface area contributed by atoms with Crippen LogP contribution in [0.15, 0.2) is 5.38 Å². The zero-order valence-corrected chi connectivity index (χ0v) is 12.6. The second-order valence-electron chi connectivity index (χ2n) is 5.30. The average Bonchev–Trinajstić information content (AvgIpc) is 2.85. The molecule has 3 N–H and O–H groups in total.